The Hall–Kier alpha value is 1.32. The van der Waals surface area contributed by atoms with Crippen LogP contribution in [0.5, 0.6) is 0 Å². The number of phosphoric ester groups is 12. The van der Waals surface area contributed by atoms with Gasteiger partial charge in [0.1, 0.15) is 73.2 Å². The molecule has 72 heavy (non-hydrogen) atoms. The fourth-order valence-corrected chi connectivity index (χ4v) is 12.1. The monoisotopic (exact) mass is 1310 g/mol. The summed E-state index contributed by atoms with van der Waals surface area (Å²) in [5, 5.41) is 0. The molecule has 60 heteroatoms. The van der Waals surface area contributed by atoms with Crippen LogP contribution in [0.25, 0.3) is 0 Å². The highest BCUT2D eigenvalue weighted by Gasteiger charge is 2.63. The summed E-state index contributed by atoms with van der Waals surface area (Å²) >= 11 is 0. The molecular weight excluding hydrogens is 1280 g/mol. The SMILES string of the molecule is O=P(O)(O)OC1C(OP(=O)(O)O)C(OP(=O)(O)O)C(OP(=O)(O)O)C(OP(=O)(O)O)C1OP(=O)(O)O.O=P([O-])([O-])OC1C(OP(=O)([O-])[O-])C(OP(=O)([O-])[O-])C(OP(=O)([O-])[O-])C(OP(=O)([O-])[O-])C1OP(=O)([O-])[O-]. The van der Waals surface area contributed by atoms with Gasteiger partial charge < -0.3 is 172 Å². The third-order valence-corrected chi connectivity index (χ3v) is 13.1. The van der Waals surface area contributed by atoms with Crippen molar-refractivity contribution in [1.29, 1.82) is 0 Å². The molecule has 0 radical (unpaired) electrons. The molecule has 0 aliphatic heterocycles. The summed E-state index contributed by atoms with van der Waals surface area (Å²) < 4.78 is 181. The second-order valence-corrected chi connectivity index (χ2v) is 26.3. The van der Waals surface area contributed by atoms with E-state index in [2.05, 4.69) is 54.3 Å². The lowest BCUT2D eigenvalue weighted by Gasteiger charge is -2.57. The van der Waals surface area contributed by atoms with Crippen LogP contribution in [0.15, 0.2) is 0 Å². The van der Waals surface area contributed by atoms with Gasteiger partial charge in [0, 0.05) is 0 Å². The molecule has 0 saturated heterocycles. The lowest BCUT2D eigenvalue weighted by molar-refractivity contribution is -0.390. The zero-order valence-corrected chi connectivity index (χ0v) is 43.1. The Labute approximate surface area is 393 Å². The Morgan fingerprint density at radius 1 is 0.181 bits per heavy atom. The topological polar surface area (TPSA) is 835 Å². The molecular formula is C12H24O48P12-12. The molecule has 0 aromatic carbocycles. The minimum atomic E-state index is -6.68. The maximum absolute atomic E-state index is 11.4. The molecule has 0 aromatic rings. The highest BCUT2D eigenvalue weighted by atomic mass is 31.2. The smallest absolute Gasteiger partial charge is 0.470 e. The molecule has 0 aromatic heterocycles. The van der Waals surface area contributed by atoms with Crippen LogP contribution in [-0.4, -0.2) is 132 Å². The van der Waals surface area contributed by atoms with Gasteiger partial charge in [0.05, 0.1) is 46.9 Å². The summed E-state index contributed by atoms with van der Waals surface area (Å²) in [6.07, 6.45) is -40.3. The summed E-state index contributed by atoms with van der Waals surface area (Å²) in [6, 6.07) is 0. The number of hydrogen-bond acceptors (Lipinski definition) is 36. The molecule has 0 unspecified atom stereocenters. The van der Waals surface area contributed by atoms with Crippen molar-refractivity contribution in [2.45, 2.75) is 73.2 Å². The van der Waals surface area contributed by atoms with Crippen molar-refractivity contribution in [3.05, 3.63) is 0 Å². The van der Waals surface area contributed by atoms with E-state index in [-0.39, 0.29) is 0 Å². The molecule has 2 aliphatic rings. The van der Waals surface area contributed by atoms with Crippen LogP contribution in [0, 0.1) is 0 Å². The molecule has 0 atom stereocenters. The van der Waals surface area contributed by atoms with Gasteiger partial charge in [-0.3, -0.25) is 27.1 Å². The van der Waals surface area contributed by atoms with E-state index in [1.807, 2.05) is 0 Å². The van der Waals surface area contributed by atoms with E-state index in [1.165, 1.54) is 0 Å². The molecule has 432 valence electrons. The van der Waals surface area contributed by atoms with E-state index < -0.39 is 167 Å². The molecule has 2 saturated carbocycles. The molecule has 2 rings (SSSR count). The maximum Gasteiger partial charge on any atom is 0.470 e. The van der Waals surface area contributed by atoms with Crippen molar-refractivity contribution < 1.29 is 227 Å². The molecule has 0 heterocycles. The molecule has 2 aliphatic carbocycles. The van der Waals surface area contributed by atoms with E-state index in [0.717, 1.165) is 0 Å². The predicted octanol–water partition coefficient (Wildman–Crippen LogP) is -13.8. The van der Waals surface area contributed by atoms with Gasteiger partial charge in [0.15, 0.2) is 0 Å². The van der Waals surface area contributed by atoms with Gasteiger partial charge in [-0.1, -0.05) is 0 Å². The first-order valence-corrected chi connectivity index (χ1v) is 33.7. The van der Waals surface area contributed by atoms with E-state index in [0.29, 0.717) is 0 Å². The molecule has 48 nitrogen and oxygen atoms in total. The lowest BCUT2D eigenvalue weighted by Crippen LogP contribution is -2.68. The number of hydrogen-bond donors (Lipinski definition) is 12. The third-order valence-electron chi connectivity index (χ3n) is 6.94. The molecule has 12 N–H and O–H groups in total. The van der Waals surface area contributed by atoms with Crippen LogP contribution in [0.3, 0.4) is 0 Å². The van der Waals surface area contributed by atoms with Gasteiger partial charge in [0.25, 0.3) is 0 Å². The summed E-state index contributed by atoms with van der Waals surface area (Å²) in [7, 11) is -76.2. The maximum atomic E-state index is 11.4. The van der Waals surface area contributed by atoms with Gasteiger partial charge >= 0.3 is 46.9 Å². The standard InChI is InChI=1S/2C6H18O24P6/c2*7-31(8,9)25-1-2(26-32(10,11)12)4(28-34(16,17)18)6(30-36(22,23)24)5(29-35(19,20)21)3(1)27-33(13,14)15/h2*1-6H,(H2,7,8,9)(H2,10,11,12)(H2,13,14,15)(H2,16,17,18)(H2,19,20,21)(H2,22,23,24)/p-12. The van der Waals surface area contributed by atoms with Crippen molar-refractivity contribution >= 4 is 93.9 Å². The zero-order valence-electron chi connectivity index (χ0n) is 32.4. The highest BCUT2D eigenvalue weighted by Crippen LogP contribution is 2.58. The van der Waals surface area contributed by atoms with Crippen LogP contribution in [0.2, 0.25) is 0 Å². The summed E-state index contributed by atoms with van der Waals surface area (Å²) in [6.45, 7) is 0. The lowest BCUT2D eigenvalue weighted by atomic mass is 9.85. The van der Waals surface area contributed by atoms with E-state index in [4.69, 9.17) is 58.7 Å². The largest absolute Gasteiger partial charge is 0.790 e. The first-order valence-electron chi connectivity index (χ1n) is 15.8. The normalized spacial score (nSPS) is 29.3. The quantitative estimate of drug-likeness (QED) is 0.0399. The fourth-order valence-electron chi connectivity index (χ4n) is 5.53. The first kappa shape index (κ1) is 71.3. The van der Waals surface area contributed by atoms with Crippen LogP contribution < -0.4 is 58.7 Å². The summed E-state index contributed by atoms with van der Waals surface area (Å²) in [5.41, 5.74) is 0. The van der Waals surface area contributed by atoms with Crippen molar-refractivity contribution in [1.82, 2.24) is 0 Å². The van der Waals surface area contributed by atoms with E-state index >= 15 is 0 Å². The molecule has 2 fully saturated rings. The average Bonchev–Trinajstić information content (AvgIpc) is 3.01. The van der Waals surface area contributed by atoms with Gasteiger partial charge in [-0.15, -0.1) is 0 Å². The van der Waals surface area contributed by atoms with Gasteiger partial charge in [-0.2, -0.15) is 0 Å². The fraction of sp³-hybridized carbons (Fsp3) is 1.00. The van der Waals surface area contributed by atoms with Crippen molar-refractivity contribution in [3.8, 4) is 0 Å². The zero-order chi connectivity index (χ0) is 57.4. The number of rotatable bonds is 24. The van der Waals surface area contributed by atoms with Crippen molar-refractivity contribution in [3.63, 3.8) is 0 Å². The second kappa shape index (κ2) is 25.0. The Bertz CT molecular complexity index is 1800. The Balaban J connectivity index is 0.000000720. The Kier molecular flexibility index (Phi) is 24.8. The predicted molar refractivity (Wildman–Crippen MR) is 176 cm³/mol. The van der Waals surface area contributed by atoms with Gasteiger partial charge in [-0.25, -0.2) is 27.4 Å². The first-order chi connectivity index (χ1) is 31.1. The number of phosphoric acid groups is 12. The minimum absolute atomic E-state index is 3.14. The van der Waals surface area contributed by atoms with Gasteiger partial charge in [-0.05, 0) is 0 Å². The molecule has 0 amide bonds. The van der Waals surface area contributed by atoms with Crippen LogP contribution >= 0.6 is 93.9 Å². The summed E-state index contributed by atoms with van der Waals surface area (Å²) in [5.74, 6) is 0. The van der Waals surface area contributed by atoms with Crippen molar-refractivity contribution in [2.24, 2.45) is 0 Å². The van der Waals surface area contributed by atoms with Gasteiger partial charge in [0.2, 0.25) is 0 Å². The van der Waals surface area contributed by atoms with E-state index in [1.54, 1.807) is 0 Å². The molecule has 0 bridgehead atoms. The second-order valence-electron chi connectivity index (χ2n) is 12.5. The average molecular weight is 1310 g/mol. The minimum Gasteiger partial charge on any atom is -0.790 e. The van der Waals surface area contributed by atoms with Crippen LogP contribution in [0.4, 0.5) is 0 Å². The molecule has 0 spiro atoms. The van der Waals surface area contributed by atoms with Crippen molar-refractivity contribution in [2.75, 3.05) is 0 Å². The van der Waals surface area contributed by atoms with Crippen LogP contribution in [-0.2, 0) is 109 Å². The Morgan fingerprint density at radius 3 is 0.306 bits per heavy atom. The summed E-state index contributed by atoms with van der Waals surface area (Å²) in [4.78, 5) is 243. The van der Waals surface area contributed by atoms with E-state index in [9.17, 15) is 114 Å². The highest BCUT2D eigenvalue weighted by molar-refractivity contribution is 7.48. The van der Waals surface area contributed by atoms with Crippen LogP contribution in [0.1, 0.15) is 0 Å². The Morgan fingerprint density at radius 2 is 0.250 bits per heavy atom. The third kappa shape index (κ3) is 29.5.